The summed E-state index contributed by atoms with van der Waals surface area (Å²) in [6.45, 7) is 2.34. The Morgan fingerprint density at radius 3 is 1.54 bits per heavy atom. The van der Waals surface area contributed by atoms with Crippen molar-refractivity contribution < 1.29 is 14.3 Å². The summed E-state index contributed by atoms with van der Waals surface area (Å²) in [5, 5.41) is 2.66. The number of carbonyl (C=O) groups is 2. The van der Waals surface area contributed by atoms with Crippen molar-refractivity contribution in [1.82, 2.24) is 5.32 Å². The van der Waals surface area contributed by atoms with Crippen LogP contribution in [-0.4, -0.2) is 55.1 Å². The van der Waals surface area contributed by atoms with Crippen LogP contribution in [0.3, 0.4) is 0 Å². The number of rotatable bonds is 16. The van der Waals surface area contributed by atoms with Crippen LogP contribution in [0.25, 0.3) is 0 Å². The molecule has 0 unspecified atom stereocenters. The third-order valence-electron chi connectivity index (χ3n) is 4.03. The molecule has 0 aromatic rings. The topological polar surface area (TPSA) is 55.4 Å². The van der Waals surface area contributed by atoms with Crippen LogP contribution in [0.15, 0.2) is 0 Å². The van der Waals surface area contributed by atoms with Crippen molar-refractivity contribution in [2.75, 3.05) is 13.6 Å². The maximum atomic E-state index is 11.4. The zero-order valence-electron chi connectivity index (χ0n) is 15.3. The Hall–Kier alpha value is 0.1000. The van der Waals surface area contributed by atoms with Crippen molar-refractivity contribution in [3.63, 3.8) is 0 Å². The monoisotopic (exact) mass is 351 g/mol. The number of hydrogen-bond acceptors (Lipinski definition) is 4. The van der Waals surface area contributed by atoms with E-state index >= 15 is 0 Å². The first kappa shape index (κ1) is 26.3. The Balaban J connectivity index is 0. The van der Waals surface area contributed by atoms with Gasteiger partial charge in [0.05, 0.1) is 6.54 Å². The summed E-state index contributed by atoms with van der Waals surface area (Å²) in [5.74, 6) is -0.888. The van der Waals surface area contributed by atoms with Crippen LogP contribution in [0, 0.1) is 0 Å². The molecule has 0 atom stereocenters. The molecule has 0 bridgehead atoms. The van der Waals surface area contributed by atoms with E-state index in [1.165, 1.54) is 70.6 Å². The van der Waals surface area contributed by atoms with Gasteiger partial charge in [-0.25, -0.2) is 0 Å². The first-order valence-electron chi connectivity index (χ1n) is 9.58. The number of hydrogen-bond donors (Lipinski definition) is 1. The van der Waals surface area contributed by atoms with Gasteiger partial charge in [0.1, 0.15) is 0 Å². The van der Waals surface area contributed by atoms with E-state index < -0.39 is 11.9 Å². The number of nitrogens with one attached hydrogen (secondary N) is 1. The van der Waals surface area contributed by atoms with Crippen molar-refractivity contribution in [3.05, 3.63) is 0 Å². The van der Waals surface area contributed by atoms with Gasteiger partial charge in [-0.2, -0.15) is 0 Å². The SMILES string of the molecule is CCCCCCCCCCCCCCCC(=O)OC(=O)CNC.[NaH]. The first-order valence-corrected chi connectivity index (χ1v) is 9.58. The molecular weight excluding hydrogens is 313 g/mol. The molecule has 0 saturated heterocycles. The summed E-state index contributed by atoms with van der Waals surface area (Å²) in [5.41, 5.74) is 0. The van der Waals surface area contributed by atoms with Crippen molar-refractivity contribution in [1.29, 1.82) is 0 Å². The molecule has 4 nitrogen and oxygen atoms in total. The second kappa shape index (κ2) is 21.1. The van der Waals surface area contributed by atoms with Crippen molar-refractivity contribution in [3.8, 4) is 0 Å². The average Bonchev–Trinajstić information content (AvgIpc) is 2.52. The minimum absolute atomic E-state index is 0. The van der Waals surface area contributed by atoms with Gasteiger partial charge in [-0.1, -0.05) is 84.0 Å². The number of ether oxygens (including phenoxy) is 1. The van der Waals surface area contributed by atoms with Crippen molar-refractivity contribution >= 4 is 41.5 Å². The fourth-order valence-corrected chi connectivity index (χ4v) is 2.65. The summed E-state index contributed by atoms with van der Waals surface area (Å²) in [4.78, 5) is 22.4. The van der Waals surface area contributed by atoms with Gasteiger partial charge in [0.15, 0.2) is 0 Å². The summed E-state index contributed by atoms with van der Waals surface area (Å²) >= 11 is 0. The normalized spacial score (nSPS) is 10.2. The molecule has 0 aromatic carbocycles. The Morgan fingerprint density at radius 2 is 1.12 bits per heavy atom. The zero-order chi connectivity index (χ0) is 17.2. The fourth-order valence-electron chi connectivity index (χ4n) is 2.65. The summed E-state index contributed by atoms with van der Waals surface area (Å²) in [6, 6.07) is 0. The van der Waals surface area contributed by atoms with E-state index in [9.17, 15) is 9.59 Å². The van der Waals surface area contributed by atoms with Crippen LogP contribution in [0.4, 0.5) is 0 Å². The molecule has 0 heterocycles. The Kier molecular flexibility index (Phi) is 23.2. The molecule has 0 aliphatic heterocycles. The van der Waals surface area contributed by atoms with Crippen LogP contribution < -0.4 is 5.32 Å². The number of unbranched alkanes of at least 4 members (excludes halogenated alkanes) is 12. The molecule has 0 spiro atoms. The fraction of sp³-hybridized carbons (Fsp3) is 0.895. The van der Waals surface area contributed by atoms with Gasteiger partial charge in [0, 0.05) is 6.42 Å². The molecular formula is C19H38NNaO3. The third kappa shape index (κ3) is 20.1. The van der Waals surface area contributed by atoms with E-state index in [1.54, 1.807) is 7.05 Å². The minimum atomic E-state index is -0.493. The molecule has 0 fully saturated rings. The molecule has 0 radical (unpaired) electrons. The number of carbonyl (C=O) groups excluding carboxylic acids is 2. The standard InChI is InChI=1S/C19H37NO3.Na.H/c1-3-4-5-6-7-8-9-10-11-12-13-14-15-16-18(21)23-19(22)17-20-2;;/h20H,3-17H2,1-2H3;;. The molecule has 0 amide bonds. The summed E-state index contributed by atoms with van der Waals surface area (Å²) in [7, 11) is 1.65. The molecule has 0 rings (SSSR count). The van der Waals surface area contributed by atoms with Crippen LogP contribution in [0.5, 0.6) is 0 Å². The molecule has 0 aliphatic carbocycles. The quantitative estimate of drug-likeness (QED) is 0.197. The third-order valence-corrected chi connectivity index (χ3v) is 4.03. The van der Waals surface area contributed by atoms with E-state index in [0.29, 0.717) is 6.42 Å². The molecule has 138 valence electrons. The number of likely N-dealkylation sites (N-methyl/N-ethyl adjacent to an activating group) is 1. The van der Waals surface area contributed by atoms with Crippen LogP contribution >= 0.6 is 0 Å². The van der Waals surface area contributed by atoms with Crippen LogP contribution in [0.1, 0.15) is 96.8 Å². The van der Waals surface area contributed by atoms with E-state index in [1.807, 2.05) is 0 Å². The van der Waals surface area contributed by atoms with E-state index in [4.69, 9.17) is 0 Å². The Labute approximate surface area is 171 Å². The van der Waals surface area contributed by atoms with E-state index in [2.05, 4.69) is 17.0 Å². The van der Waals surface area contributed by atoms with Gasteiger partial charge < -0.3 is 10.1 Å². The van der Waals surface area contributed by atoms with Gasteiger partial charge in [-0.15, -0.1) is 0 Å². The van der Waals surface area contributed by atoms with Gasteiger partial charge >= 0.3 is 41.5 Å². The summed E-state index contributed by atoms with van der Waals surface area (Å²) in [6.07, 6.45) is 17.0. The van der Waals surface area contributed by atoms with E-state index in [0.717, 1.165) is 12.8 Å². The number of esters is 2. The van der Waals surface area contributed by atoms with Crippen LogP contribution in [-0.2, 0) is 14.3 Å². The first-order chi connectivity index (χ1) is 11.2. The zero-order valence-corrected chi connectivity index (χ0v) is 15.3. The van der Waals surface area contributed by atoms with Crippen LogP contribution in [0.2, 0.25) is 0 Å². The Morgan fingerprint density at radius 1 is 0.708 bits per heavy atom. The predicted molar refractivity (Wildman–Crippen MR) is 102 cm³/mol. The van der Waals surface area contributed by atoms with Gasteiger partial charge in [-0.3, -0.25) is 9.59 Å². The average molecular weight is 352 g/mol. The van der Waals surface area contributed by atoms with Gasteiger partial charge in [-0.05, 0) is 13.5 Å². The second-order valence-corrected chi connectivity index (χ2v) is 6.37. The molecule has 1 N–H and O–H groups in total. The van der Waals surface area contributed by atoms with Crippen molar-refractivity contribution in [2.24, 2.45) is 0 Å². The predicted octanol–water partition coefficient (Wildman–Crippen LogP) is 4.11. The van der Waals surface area contributed by atoms with Crippen molar-refractivity contribution in [2.45, 2.75) is 96.8 Å². The Bertz CT molecular complexity index is 298. The maximum absolute atomic E-state index is 11.4. The molecule has 0 aromatic heterocycles. The molecule has 0 aliphatic rings. The summed E-state index contributed by atoms with van der Waals surface area (Å²) < 4.78 is 4.66. The van der Waals surface area contributed by atoms with Gasteiger partial charge in [0.25, 0.3) is 0 Å². The van der Waals surface area contributed by atoms with E-state index in [-0.39, 0.29) is 36.1 Å². The molecule has 0 saturated carbocycles. The molecule has 24 heavy (non-hydrogen) atoms. The second-order valence-electron chi connectivity index (χ2n) is 6.37. The molecule has 5 heteroatoms. The van der Waals surface area contributed by atoms with Gasteiger partial charge in [0.2, 0.25) is 0 Å².